The van der Waals surface area contributed by atoms with Gasteiger partial charge in [-0.2, -0.15) is 13.2 Å². The van der Waals surface area contributed by atoms with E-state index in [4.69, 9.17) is 14.2 Å². The molecule has 1 saturated heterocycles. The van der Waals surface area contributed by atoms with E-state index < -0.39 is 28.8 Å². The van der Waals surface area contributed by atoms with Crippen molar-refractivity contribution < 1.29 is 37.0 Å². The number of rotatable bonds is 12. The van der Waals surface area contributed by atoms with Crippen LogP contribution in [0.25, 0.3) is 0 Å². The molecule has 1 N–H and O–H groups in total. The van der Waals surface area contributed by atoms with Gasteiger partial charge < -0.3 is 24.4 Å². The van der Waals surface area contributed by atoms with Crippen LogP contribution in [0.5, 0.6) is 11.5 Å². The number of para-hydroxylation sites is 1. The molecule has 2 atom stereocenters. The number of nitrogens with one attached hydrogen (secondary N) is 1. The maximum atomic E-state index is 13.0. The van der Waals surface area contributed by atoms with Gasteiger partial charge in [-0.25, -0.2) is 9.59 Å². The lowest BCUT2D eigenvalue weighted by Crippen LogP contribution is -2.48. The minimum absolute atomic E-state index is 0.218. The van der Waals surface area contributed by atoms with Gasteiger partial charge in [0, 0.05) is 26.4 Å². The van der Waals surface area contributed by atoms with Crippen molar-refractivity contribution in [2.75, 3.05) is 26.8 Å². The number of likely N-dealkylation sites (N-methyl/N-ethyl adjacent to an activating group) is 1. The van der Waals surface area contributed by atoms with Crippen LogP contribution in [0.3, 0.4) is 0 Å². The number of carbonyl (C=O) groups is 2. The Bertz CT molecular complexity index is 1370. The number of hydrogen-bond donors (Lipinski definition) is 1. The summed E-state index contributed by atoms with van der Waals surface area (Å²) in [6, 6.07) is 21.1. The average Bonchev–Trinajstić information content (AvgIpc) is 3.22. The van der Waals surface area contributed by atoms with E-state index in [-0.39, 0.29) is 25.7 Å². The summed E-state index contributed by atoms with van der Waals surface area (Å²) in [5.74, 6) is 0.637. The second-order valence-corrected chi connectivity index (χ2v) is 10.6. The molecule has 0 spiro atoms. The van der Waals surface area contributed by atoms with Crippen LogP contribution in [0, 0.1) is 0 Å². The van der Waals surface area contributed by atoms with Crippen LogP contribution in [0.1, 0.15) is 37.0 Å². The first-order valence-electron chi connectivity index (χ1n) is 13.7. The van der Waals surface area contributed by atoms with Gasteiger partial charge >= 0.3 is 18.2 Å². The highest BCUT2D eigenvalue weighted by atomic mass is 19.4. The fraction of sp³-hybridized carbons (Fsp3) is 0.375. The van der Waals surface area contributed by atoms with E-state index >= 15 is 0 Å². The molecule has 1 heterocycles. The number of nitrogens with zero attached hydrogens (tertiary/aromatic N) is 1. The Morgan fingerprint density at radius 2 is 1.67 bits per heavy atom. The molecule has 0 radical (unpaired) electrons. The summed E-state index contributed by atoms with van der Waals surface area (Å²) in [7, 11) is 1.68. The van der Waals surface area contributed by atoms with Crippen molar-refractivity contribution in [3.8, 4) is 11.5 Å². The topological polar surface area (TPSA) is 77.1 Å². The Balaban J connectivity index is 1.45. The molecule has 7 nitrogen and oxygen atoms in total. The van der Waals surface area contributed by atoms with Gasteiger partial charge in [-0.1, -0.05) is 42.5 Å². The molecule has 4 rings (SSSR count). The molecule has 0 bridgehead atoms. The fourth-order valence-electron chi connectivity index (χ4n) is 5.09. The number of amides is 2. The molecule has 3 aromatic rings. The minimum Gasteiger partial charge on any atom is -0.493 e. The Hall–Kier alpha value is -4.21. The van der Waals surface area contributed by atoms with Crippen molar-refractivity contribution in [1.29, 1.82) is 0 Å². The molecule has 0 saturated carbocycles. The van der Waals surface area contributed by atoms with Gasteiger partial charge in [0.25, 0.3) is 0 Å². The van der Waals surface area contributed by atoms with Gasteiger partial charge in [0.05, 0.1) is 24.3 Å². The second kappa shape index (κ2) is 12.8. The molecule has 42 heavy (non-hydrogen) atoms. The summed E-state index contributed by atoms with van der Waals surface area (Å²) < 4.78 is 56.6. The molecule has 1 aliphatic heterocycles. The first-order chi connectivity index (χ1) is 19.9. The van der Waals surface area contributed by atoms with Crippen molar-refractivity contribution in [3.05, 3.63) is 95.6 Å². The number of carbonyl (C=O) groups excluding carboxylic acids is 2. The quantitative estimate of drug-likeness (QED) is 0.262. The monoisotopic (exact) mass is 584 g/mol. The molecule has 0 aromatic heterocycles. The van der Waals surface area contributed by atoms with Gasteiger partial charge in [0.15, 0.2) is 0 Å². The normalized spacial score (nSPS) is 18.2. The minimum atomic E-state index is -4.41. The highest BCUT2D eigenvalue weighted by Gasteiger charge is 2.43. The van der Waals surface area contributed by atoms with Gasteiger partial charge in [-0.05, 0) is 67.8 Å². The van der Waals surface area contributed by atoms with E-state index in [1.165, 1.54) is 12.1 Å². The highest BCUT2D eigenvalue weighted by molar-refractivity contribution is 5.80. The molecular weight excluding hydrogens is 549 g/mol. The Labute approximate surface area is 243 Å². The molecule has 10 heteroatoms. The average molecular weight is 585 g/mol. The maximum absolute atomic E-state index is 13.0. The first-order valence-corrected chi connectivity index (χ1v) is 13.7. The van der Waals surface area contributed by atoms with Gasteiger partial charge in [-0.3, -0.25) is 0 Å². The van der Waals surface area contributed by atoms with Crippen LogP contribution in [-0.2, 0) is 28.5 Å². The second-order valence-electron chi connectivity index (χ2n) is 10.6. The fourth-order valence-corrected chi connectivity index (χ4v) is 5.09. The zero-order chi connectivity index (χ0) is 30.4. The van der Waals surface area contributed by atoms with Crippen molar-refractivity contribution >= 4 is 12.0 Å². The van der Waals surface area contributed by atoms with Crippen LogP contribution in [0.2, 0.25) is 0 Å². The predicted octanol–water partition coefficient (Wildman–Crippen LogP) is 6.05. The summed E-state index contributed by atoms with van der Waals surface area (Å²) in [4.78, 5) is 26.9. The van der Waals surface area contributed by atoms with Crippen LogP contribution < -0.4 is 14.8 Å². The summed E-state index contributed by atoms with van der Waals surface area (Å²) in [5, 5.41) is 2.83. The number of halogens is 3. The van der Waals surface area contributed by atoms with E-state index in [1.807, 2.05) is 36.4 Å². The lowest BCUT2D eigenvalue weighted by atomic mass is 9.87. The van der Waals surface area contributed by atoms with Crippen LogP contribution >= 0.6 is 0 Å². The molecule has 1 aliphatic rings. The van der Waals surface area contributed by atoms with E-state index in [0.717, 1.165) is 17.7 Å². The lowest BCUT2D eigenvalue weighted by Gasteiger charge is -2.35. The molecule has 224 valence electrons. The third kappa shape index (κ3) is 7.35. The first kappa shape index (κ1) is 30.7. The van der Waals surface area contributed by atoms with E-state index in [1.54, 1.807) is 44.0 Å². The molecule has 0 aliphatic carbocycles. The number of esters is 1. The number of hydrogen-bond acceptors (Lipinski definition) is 5. The Kier molecular flexibility index (Phi) is 9.33. The highest BCUT2D eigenvalue weighted by Crippen LogP contribution is 2.32. The zero-order valence-corrected chi connectivity index (χ0v) is 23.9. The lowest BCUT2D eigenvalue weighted by molar-refractivity contribution is -0.160. The molecule has 1 fully saturated rings. The Morgan fingerprint density at radius 3 is 2.29 bits per heavy atom. The molecule has 2 amide bonds. The van der Waals surface area contributed by atoms with E-state index in [0.29, 0.717) is 36.4 Å². The third-order valence-electron chi connectivity index (χ3n) is 7.47. The van der Waals surface area contributed by atoms with E-state index in [2.05, 4.69) is 5.32 Å². The third-order valence-corrected chi connectivity index (χ3v) is 7.47. The van der Waals surface area contributed by atoms with Crippen molar-refractivity contribution in [2.45, 2.75) is 50.4 Å². The van der Waals surface area contributed by atoms with Crippen molar-refractivity contribution in [1.82, 2.24) is 10.2 Å². The summed E-state index contributed by atoms with van der Waals surface area (Å²) in [6.07, 6.45) is -3.39. The summed E-state index contributed by atoms with van der Waals surface area (Å²) in [5.41, 5.74) is -1.19. The van der Waals surface area contributed by atoms with Gasteiger partial charge in [-0.15, -0.1) is 0 Å². The molecule has 2 unspecified atom stereocenters. The van der Waals surface area contributed by atoms with Crippen LogP contribution in [0.15, 0.2) is 78.9 Å². The Morgan fingerprint density at radius 1 is 0.976 bits per heavy atom. The van der Waals surface area contributed by atoms with E-state index in [9.17, 15) is 22.8 Å². The number of benzene rings is 3. The largest absolute Gasteiger partial charge is 0.493 e. The smallest absolute Gasteiger partial charge is 0.416 e. The van der Waals surface area contributed by atoms with Gasteiger partial charge in [0.1, 0.15) is 11.5 Å². The van der Waals surface area contributed by atoms with Gasteiger partial charge in [0.2, 0.25) is 5.60 Å². The number of ether oxygens (including phenoxy) is 3. The summed E-state index contributed by atoms with van der Waals surface area (Å²) >= 11 is 0. The number of alkyl halides is 3. The number of urea groups is 1. The predicted molar refractivity (Wildman–Crippen MR) is 151 cm³/mol. The standard InChI is InChI=1S/C32H35F3N2O5/c1-4-40-28(38)30(2,42-26-10-6-5-7-11-26)20-24-9-8-12-27(19-24)41-18-17-31(22-36-29(39)37(31)3)21-23-13-15-25(16-14-23)32(33,34)35/h5-16,19H,4,17-18,20-22H2,1-3H3,(H,36,39). The zero-order valence-electron chi connectivity index (χ0n) is 23.9. The van der Waals surface area contributed by atoms with Crippen molar-refractivity contribution in [3.63, 3.8) is 0 Å². The van der Waals surface area contributed by atoms with Crippen LogP contribution in [-0.4, -0.2) is 54.8 Å². The van der Waals surface area contributed by atoms with Crippen LogP contribution in [0.4, 0.5) is 18.0 Å². The summed E-state index contributed by atoms with van der Waals surface area (Å²) in [6.45, 7) is 4.23. The molecular formula is C32H35F3N2O5. The van der Waals surface area contributed by atoms with Crippen molar-refractivity contribution in [2.24, 2.45) is 0 Å². The maximum Gasteiger partial charge on any atom is 0.416 e. The molecule has 3 aromatic carbocycles. The SMILES string of the molecule is CCOC(=O)C(C)(Cc1cccc(OCCC2(Cc3ccc(C(F)(F)F)cc3)CNC(=O)N2C)c1)Oc1ccccc1.